The first-order valence-corrected chi connectivity index (χ1v) is 6.07. The van der Waals surface area contributed by atoms with Gasteiger partial charge in [-0.1, -0.05) is 35.9 Å². The number of Topliss-reactive ketones (excluding diaryl/α,β-unsaturated/α-hetero) is 1. The number of carbonyl (C=O) groups excluding carboxylic acids is 1. The van der Waals surface area contributed by atoms with E-state index in [1.807, 2.05) is 24.3 Å². The molecule has 1 unspecified atom stereocenters. The summed E-state index contributed by atoms with van der Waals surface area (Å²) < 4.78 is 0. The summed E-state index contributed by atoms with van der Waals surface area (Å²) in [6.45, 7) is 0. The first-order chi connectivity index (χ1) is 7.74. The van der Waals surface area contributed by atoms with Gasteiger partial charge in [-0.2, -0.15) is 0 Å². The van der Waals surface area contributed by atoms with Crippen molar-refractivity contribution >= 4 is 23.5 Å². The molecule has 1 aromatic carbocycles. The molecule has 0 saturated heterocycles. The van der Waals surface area contributed by atoms with Gasteiger partial charge < -0.3 is 0 Å². The van der Waals surface area contributed by atoms with Crippen LogP contribution in [0.15, 0.2) is 30.3 Å². The maximum Gasteiger partial charge on any atom is 0.133 e. The van der Waals surface area contributed by atoms with Crippen LogP contribution in [0.2, 0.25) is 5.02 Å². The zero-order chi connectivity index (χ0) is 11.4. The minimum Gasteiger partial charge on any atom is -0.300 e. The van der Waals surface area contributed by atoms with Gasteiger partial charge in [-0.15, -0.1) is 0 Å². The lowest BCUT2D eigenvalue weighted by Gasteiger charge is -2.16. The van der Waals surface area contributed by atoms with E-state index >= 15 is 0 Å². The van der Waals surface area contributed by atoms with Crippen LogP contribution in [-0.4, -0.2) is 5.78 Å². The van der Waals surface area contributed by atoms with E-state index in [4.69, 9.17) is 11.6 Å². The highest BCUT2D eigenvalue weighted by Crippen LogP contribution is 2.23. The number of hydrogen-bond acceptors (Lipinski definition) is 1. The van der Waals surface area contributed by atoms with Crippen molar-refractivity contribution in [3.05, 3.63) is 40.9 Å². The molecule has 1 aliphatic rings. The van der Waals surface area contributed by atoms with Crippen LogP contribution in [0.5, 0.6) is 0 Å². The van der Waals surface area contributed by atoms with Crippen LogP contribution >= 0.6 is 11.6 Å². The third-order valence-corrected chi connectivity index (χ3v) is 3.20. The Bertz CT molecular complexity index is 392. The quantitative estimate of drug-likeness (QED) is 0.753. The summed E-state index contributed by atoms with van der Waals surface area (Å²) in [4.78, 5) is 11.3. The number of carbonyl (C=O) groups is 1. The van der Waals surface area contributed by atoms with Crippen molar-refractivity contribution in [3.8, 4) is 0 Å². The van der Waals surface area contributed by atoms with Gasteiger partial charge in [0.05, 0.1) is 0 Å². The van der Waals surface area contributed by atoms with Gasteiger partial charge in [0.25, 0.3) is 0 Å². The van der Waals surface area contributed by atoms with E-state index in [9.17, 15) is 4.79 Å². The second-order valence-electron chi connectivity index (χ2n) is 4.31. The predicted octanol–water partition coefficient (Wildman–Crippen LogP) is 4.11. The topological polar surface area (TPSA) is 17.1 Å². The van der Waals surface area contributed by atoms with Gasteiger partial charge >= 0.3 is 0 Å². The molecule has 0 aromatic heterocycles. The standard InChI is InChI=1S/C14H15ClO/c15-13-8-6-11(7-9-13)4-5-12-2-1-3-14(16)10-12/h4-9,12H,1-3,10H2/b5-4-. The van der Waals surface area contributed by atoms with Crippen molar-refractivity contribution < 1.29 is 4.79 Å². The number of rotatable bonds is 2. The number of ketones is 1. The molecular formula is C14H15ClO. The molecule has 1 fully saturated rings. The summed E-state index contributed by atoms with van der Waals surface area (Å²) in [5.74, 6) is 0.828. The second kappa shape index (κ2) is 5.31. The Balaban J connectivity index is 1.98. The molecule has 0 N–H and O–H groups in total. The van der Waals surface area contributed by atoms with E-state index < -0.39 is 0 Å². The molecule has 0 aliphatic heterocycles. The van der Waals surface area contributed by atoms with Crippen LogP contribution in [-0.2, 0) is 4.79 Å². The van der Waals surface area contributed by atoms with E-state index in [0.29, 0.717) is 18.1 Å². The lowest BCUT2D eigenvalue weighted by molar-refractivity contribution is -0.121. The number of halogens is 1. The molecule has 0 spiro atoms. The maximum atomic E-state index is 11.3. The summed E-state index contributed by atoms with van der Waals surface area (Å²) in [5.41, 5.74) is 1.14. The van der Waals surface area contributed by atoms with E-state index in [1.54, 1.807) is 0 Å². The Morgan fingerprint density at radius 1 is 1.25 bits per heavy atom. The molecule has 84 valence electrons. The smallest absolute Gasteiger partial charge is 0.133 e. The van der Waals surface area contributed by atoms with Crippen LogP contribution in [0.1, 0.15) is 31.2 Å². The lowest BCUT2D eigenvalue weighted by Crippen LogP contribution is -2.12. The highest BCUT2D eigenvalue weighted by atomic mass is 35.5. The Morgan fingerprint density at radius 3 is 2.69 bits per heavy atom. The number of benzene rings is 1. The van der Waals surface area contributed by atoms with Crippen molar-refractivity contribution in [1.82, 2.24) is 0 Å². The largest absolute Gasteiger partial charge is 0.300 e. The fourth-order valence-electron chi connectivity index (χ4n) is 2.04. The molecule has 1 atom stereocenters. The average molecular weight is 235 g/mol. The van der Waals surface area contributed by atoms with E-state index in [-0.39, 0.29) is 0 Å². The Labute approximate surface area is 101 Å². The predicted molar refractivity (Wildman–Crippen MR) is 67.5 cm³/mol. The van der Waals surface area contributed by atoms with Crippen molar-refractivity contribution in [2.45, 2.75) is 25.7 Å². The second-order valence-corrected chi connectivity index (χ2v) is 4.74. The lowest BCUT2D eigenvalue weighted by atomic mass is 9.88. The molecule has 1 nitrogen and oxygen atoms in total. The van der Waals surface area contributed by atoms with Crippen LogP contribution in [0.25, 0.3) is 6.08 Å². The normalized spacial score (nSPS) is 21.6. The molecule has 0 bridgehead atoms. The number of allylic oxidation sites excluding steroid dienone is 1. The third-order valence-electron chi connectivity index (χ3n) is 2.95. The van der Waals surface area contributed by atoms with E-state index in [2.05, 4.69) is 12.2 Å². The SMILES string of the molecule is O=C1CCCC(/C=C\c2ccc(Cl)cc2)C1. The molecule has 0 heterocycles. The van der Waals surface area contributed by atoms with Crippen molar-refractivity contribution in [2.75, 3.05) is 0 Å². The fourth-order valence-corrected chi connectivity index (χ4v) is 2.17. The van der Waals surface area contributed by atoms with Crippen LogP contribution < -0.4 is 0 Å². The Morgan fingerprint density at radius 2 is 2.00 bits per heavy atom. The zero-order valence-electron chi connectivity index (χ0n) is 9.16. The average Bonchev–Trinajstić information content (AvgIpc) is 2.28. The fraction of sp³-hybridized carbons (Fsp3) is 0.357. The van der Waals surface area contributed by atoms with Gasteiger partial charge in [0.15, 0.2) is 0 Å². The van der Waals surface area contributed by atoms with Crippen molar-refractivity contribution in [2.24, 2.45) is 5.92 Å². The summed E-state index contributed by atoms with van der Waals surface area (Å²) in [6, 6.07) is 7.74. The van der Waals surface area contributed by atoms with E-state index in [0.717, 1.165) is 29.8 Å². The highest BCUT2D eigenvalue weighted by Gasteiger charge is 2.16. The maximum absolute atomic E-state index is 11.3. The monoisotopic (exact) mass is 234 g/mol. The van der Waals surface area contributed by atoms with Crippen LogP contribution in [0.4, 0.5) is 0 Å². The van der Waals surface area contributed by atoms with Gasteiger partial charge in [0.2, 0.25) is 0 Å². The zero-order valence-corrected chi connectivity index (χ0v) is 9.91. The molecule has 16 heavy (non-hydrogen) atoms. The molecule has 1 aliphatic carbocycles. The van der Waals surface area contributed by atoms with Crippen LogP contribution in [0, 0.1) is 5.92 Å². The minimum absolute atomic E-state index is 0.400. The summed E-state index contributed by atoms with van der Waals surface area (Å²) in [5, 5.41) is 0.755. The first-order valence-electron chi connectivity index (χ1n) is 5.69. The first kappa shape index (κ1) is 11.4. The summed E-state index contributed by atoms with van der Waals surface area (Å²) in [6.07, 6.45) is 7.89. The molecular weight excluding hydrogens is 220 g/mol. The highest BCUT2D eigenvalue weighted by molar-refractivity contribution is 6.30. The summed E-state index contributed by atoms with van der Waals surface area (Å²) in [7, 11) is 0. The Kier molecular flexibility index (Phi) is 3.79. The third kappa shape index (κ3) is 3.21. The van der Waals surface area contributed by atoms with E-state index in [1.165, 1.54) is 0 Å². The minimum atomic E-state index is 0.400. The number of hydrogen-bond donors (Lipinski definition) is 0. The van der Waals surface area contributed by atoms with Crippen molar-refractivity contribution in [1.29, 1.82) is 0 Å². The molecule has 0 radical (unpaired) electrons. The van der Waals surface area contributed by atoms with Gasteiger partial charge in [0.1, 0.15) is 5.78 Å². The Hall–Kier alpha value is -1.08. The van der Waals surface area contributed by atoms with Crippen molar-refractivity contribution in [3.63, 3.8) is 0 Å². The van der Waals surface area contributed by atoms with Gasteiger partial charge in [-0.3, -0.25) is 4.79 Å². The molecule has 1 saturated carbocycles. The van der Waals surface area contributed by atoms with Gasteiger partial charge in [-0.05, 0) is 36.5 Å². The molecule has 2 rings (SSSR count). The summed E-state index contributed by atoms with van der Waals surface area (Å²) >= 11 is 5.81. The van der Waals surface area contributed by atoms with Gasteiger partial charge in [0, 0.05) is 17.9 Å². The molecule has 1 aromatic rings. The molecule has 2 heteroatoms. The molecule has 0 amide bonds. The van der Waals surface area contributed by atoms with Crippen LogP contribution in [0.3, 0.4) is 0 Å². The van der Waals surface area contributed by atoms with Gasteiger partial charge in [-0.25, -0.2) is 0 Å².